The summed E-state index contributed by atoms with van der Waals surface area (Å²) in [5.41, 5.74) is 0. The number of hydrogen-bond donors (Lipinski definition) is 2. The molecule has 0 aliphatic rings. The Hall–Kier alpha value is -1.30. The number of H-pyrrole nitrogens is 1. The van der Waals surface area contributed by atoms with E-state index in [0.717, 1.165) is 0 Å². The van der Waals surface area contributed by atoms with Gasteiger partial charge in [0.15, 0.2) is 0 Å². The van der Waals surface area contributed by atoms with Gasteiger partial charge in [0.25, 0.3) is 6.17 Å². The van der Waals surface area contributed by atoms with Gasteiger partial charge in [0.1, 0.15) is 0 Å². The van der Waals surface area contributed by atoms with Gasteiger partial charge in [-0.25, -0.2) is 9.37 Å². The molecule has 0 radical (unpaired) electrons. The van der Waals surface area contributed by atoms with E-state index in [0.29, 0.717) is 0 Å². The molecule has 1 rings (SSSR count). The molecule has 0 amide bonds. The standard InChI is InChI=1S/C3H2F6O3S.C3H4N2/c4-1(2(5,6)7)3(8,9)13(10,11)12;1-2-5-3-4-1/h1H,(H,10,11,12);1-3H,(H,4,5). The SMILES string of the molecule is O=S(=O)(O)C(F)(F)C(F)C(F)(F)F.c1c[nH]cn1. The zero-order valence-corrected chi connectivity index (χ0v) is 9.01. The maximum atomic E-state index is 11.9. The smallest absolute Gasteiger partial charge is 0.351 e. The second-order valence-electron chi connectivity index (χ2n) is 2.70. The summed E-state index contributed by atoms with van der Waals surface area (Å²) in [7, 11) is -6.41. The van der Waals surface area contributed by atoms with E-state index in [4.69, 9.17) is 4.55 Å². The average Bonchev–Trinajstić information content (AvgIpc) is 2.70. The summed E-state index contributed by atoms with van der Waals surface area (Å²) in [6, 6.07) is 0. The molecule has 1 unspecified atom stereocenters. The van der Waals surface area contributed by atoms with E-state index in [1.807, 2.05) is 0 Å². The van der Waals surface area contributed by atoms with Gasteiger partial charge in [0, 0.05) is 12.4 Å². The van der Waals surface area contributed by atoms with Gasteiger partial charge in [-0.3, -0.25) is 4.55 Å². The quantitative estimate of drug-likeness (QED) is 0.644. The summed E-state index contributed by atoms with van der Waals surface area (Å²) in [5.74, 6) is 0. The minimum atomic E-state index is -6.41. The zero-order valence-electron chi connectivity index (χ0n) is 8.20. The number of nitrogens with zero attached hydrogens (tertiary/aromatic N) is 1. The summed E-state index contributed by atoms with van der Waals surface area (Å²) in [5, 5.41) is -5.88. The fourth-order valence-electron chi connectivity index (χ4n) is 0.536. The molecule has 0 fully saturated rings. The van der Waals surface area contributed by atoms with Crippen molar-refractivity contribution in [2.45, 2.75) is 17.6 Å². The Labute approximate surface area is 96.6 Å². The van der Waals surface area contributed by atoms with Crippen LogP contribution in [0.15, 0.2) is 18.7 Å². The molecule has 1 heterocycles. The highest BCUT2D eigenvalue weighted by molar-refractivity contribution is 7.86. The van der Waals surface area contributed by atoms with E-state index >= 15 is 0 Å². The van der Waals surface area contributed by atoms with Crippen LogP contribution in [0, 0.1) is 0 Å². The average molecular weight is 300 g/mol. The fourth-order valence-corrected chi connectivity index (χ4v) is 0.932. The van der Waals surface area contributed by atoms with Crippen LogP contribution >= 0.6 is 0 Å². The minimum absolute atomic E-state index is 1.62. The lowest BCUT2D eigenvalue weighted by atomic mass is 10.4. The van der Waals surface area contributed by atoms with Crippen LogP contribution in [0.3, 0.4) is 0 Å². The van der Waals surface area contributed by atoms with Crippen molar-refractivity contribution in [2.75, 3.05) is 0 Å². The first-order valence-corrected chi connectivity index (χ1v) is 5.33. The first-order chi connectivity index (χ1) is 7.90. The van der Waals surface area contributed by atoms with Gasteiger partial charge in [0.05, 0.1) is 6.33 Å². The monoisotopic (exact) mass is 300 g/mol. The normalized spacial score (nSPS) is 14.6. The molecule has 0 aliphatic heterocycles. The number of hydrogen-bond acceptors (Lipinski definition) is 3. The summed E-state index contributed by atoms with van der Waals surface area (Å²) in [4.78, 5) is 6.42. The lowest BCUT2D eigenvalue weighted by molar-refractivity contribution is -0.223. The third-order valence-corrected chi connectivity index (χ3v) is 2.23. The molecule has 12 heteroatoms. The third-order valence-electron chi connectivity index (χ3n) is 1.33. The molecule has 1 aromatic heterocycles. The van der Waals surface area contributed by atoms with Crippen molar-refractivity contribution in [1.82, 2.24) is 9.97 Å². The highest BCUT2D eigenvalue weighted by Gasteiger charge is 2.64. The van der Waals surface area contributed by atoms with Gasteiger partial charge in [0.2, 0.25) is 0 Å². The Kier molecular flexibility index (Phi) is 5.16. The van der Waals surface area contributed by atoms with Crippen LogP contribution in [0.1, 0.15) is 0 Å². The Balaban J connectivity index is 0.000000473. The molecule has 0 aromatic carbocycles. The molecule has 0 bridgehead atoms. The van der Waals surface area contributed by atoms with E-state index in [-0.39, 0.29) is 0 Å². The van der Waals surface area contributed by atoms with Crippen molar-refractivity contribution < 1.29 is 39.3 Å². The molecular formula is C6H6F6N2O3S. The zero-order chi connectivity index (χ0) is 14.6. The van der Waals surface area contributed by atoms with E-state index in [1.165, 1.54) is 0 Å². The van der Waals surface area contributed by atoms with Gasteiger partial charge < -0.3 is 4.98 Å². The maximum Gasteiger partial charge on any atom is 0.426 e. The molecule has 0 spiro atoms. The summed E-state index contributed by atoms with van der Waals surface area (Å²) >= 11 is 0. The van der Waals surface area contributed by atoms with Crippen LogP contribution in [0.2, 0.25) is 0 Å². The number of aromatic amines is 1. The van der Waals surface area contributed by atoms with Gasteiger partial charge in [-0.05, 0) is 0 Å². The second kappa shape index (κ2) is 5.56. The minimum Gasteiger partial charge on any atom is -0.351 e. The predicted molar refractivity (Wildman–Crippen MR) is 46.0 cm³/mol. The summed E-state index contributed by atoms with van der Waals surface area (Å²) in [6.45, 7) is 0. The molecule has 1 aromatic rings. The van der Waals surface area contributed by atoms with E-state index in [2.05, 4.69) is 9.97 Å². The van der Waals surface area contributed by atoms with Crippen molar-refractivity contribution in [2.24, 2.45) is 0 Å². The summed E-state index contributed by atoms with van der Waals surface area (Å²) < 4.78 is 96.1. The Morgan fingerprint density at radius 3 is 1.83 bits per heavy atom. The number of rotatable bonds is 2. The van der Waals surface area contributed by atoms with Crippen molar-refractivity contribution in [3.63, 3.8) is 0 Å². The predicted octanol–water partition coefficient (Wildman–Crippen LogP) is 1.78. The highest BCUT2D eigenvalue weighted by atomic mass is 32.2. The number of alkyl halides is 6. The molecule has 0 aliphatic carbocycles. The number of halogens is 6. The molecule has 106 valence electrons. The van der Waals surface area contributed by atoms with Gasteiger partial charge in [-0.2, -0.15) is 30.4 Å². The Morgan fingerprint density at radius 1 is 1.22 bits per heavy atom. The molecule has 1 atom stereocenters. The lowest BCUT2D eigenvalue weighted by Gasteiger charge is -2.19. The highest BCUT2D eigenvalue weighted by Crippen LogP contribution is 2.37. The largest absolute Gasteiger partial charge is 0.426 e. The number of imidazole rings is 1. The molecule has 18 heavy (non-hydrogen) atoms. The molecule has 2 N–H and O–H groups in total. The lowest BCUT2D eigenvalue weighted by Crippen LogP contribution is -2.46. The van der Waals surface area contributed by atoms with Gasteiger partial charge in [-0.15, -0.1) is 0 Å². The first-order valence-electron chi connectivity index (χ1n) is 3.89. The molecule has 0 saturated heterocycles. The van der Waals surface area contributed by atoms with E-state index < -0.39 is 27.7 Å². The van der Waals surface area contributed by atoms with E-state index in [1.54, 1.807) is 18.7 Å². The molecule has 0 saturated carbocycles. The van der Waals surface area contributed by atoms with Gasteiger partial charge in [-0.1, -0.05) is 0 Å². The van der Waals surface area contributed by atoms with Crippen LogP contribution in [0.4, 0.5) is 26.3 Å². The second-order valence-corrected chi connectivity index (χ2v) is 4.20. The Morgan fingerprint density at radius 2 is 1.72 bits per heavy atom. The van der Waals surface area contributed by atoms with Crippen LogP contribution in [-0.2, 0) is 10.1 Å². The van der Waals surface area contributed by atoms with Crippen LogP contribution in [0.5, 0.6) is 0 Å². The van der Waals surface area contributed by atoms with Gasteiger partial charge >= 0.3 is 21.5 Å². The van der Waals surface area contributed by atoms with Crippen LogP contribution in [-0.4, -0.2) is 40.5 Å². The first kappa shape index (κ1) is 16.7. The van der Waals surface area contributed by atoms with E-state index in [9.17, 15) is 34.8 Å². The maximum absolute atomic E-state index is 11.9. The van der Waals surface area contributed by atoms with Crippen molar-refractivity contribution in [1.29, 1.82) is 0 Å². The number of aromatic nitrogens is 2. The van der Waals surface area contributed by atoms with Crippen molar-refractivity contribution >= 4 is 10.1 Å². The number of nitrogens with one attached hydrogen (secondary N) is 1. The third kappa shape index (κ3) is 4.52. The van der Waals surface area contributed by atoms with Crippen LogP contribution in [0.25, 0.3) is 0 Å². The topological polar surface area (TPSA) is 83.0 Å². The summed E-state index contributed by atoms with van der Waals surface area (Å²) in [6.07, 6.45) is -5.92. The van der Waals surface area contributed by atoms with Crippen molar-refractivity contribution in [3.8, 4) is 0 Å². The molecule has 5 nitrogen and oxygen atoms in total. The van der Waals surface area contributed by atoms with Crippen LogP contribution < -0.4 is 0 Å². The Bertz CT molecular complexity index is 425. The van der Waals surface area contributed by atoms with Crippen molar-refractivity contribution in [3.05, 3.63) is 18.7 Å². The molecular weight excluding hydrogens is 294 g/mol. The fraction of sp³-hybridized carbons (Fsp3) is 0.500.